The minimum absolute atomic E-state index is 0.704. The zero-order valence-electron chi connectivity index (χ0n) is 13.6. The van der Waals surface area contributed by atoms with E-state index in [1.807, 2.05) is 0 Å². The van der Waals surface area contributed by atoms with Crippen LogP contribution in [0.1, 0.15) is 46.0 Å². The van der Waals surface area contributed by atoms with E-state index in [1.54, 1.807) is 0 Å². The van der Waals surface area contributed by atoms with Gasteiger partial charge in [-0.15, -0.1) is 0 Å². The van der Waals surface area contributed by atoms with Crippen LogP contribution in [0.4, 0.5) is 0 Å². The normalized spacial score (nSPS) is 20.1. The molecule has 0 aromatic rings. The third-order valence-electron chi connectivity index (χ3n) is 4.13. The van der Waals surface area contributed by atoms with Crippen LogP contribution in [-0.2, 0) is 0 Å². The Morgan fingerprint density at radius 2 is 1.84 bits per heavy atom. The van der Waals surface area contributed by atoms with Crippen molar-refractivity contribution in [2.75, 3.05) is 46.8 Å². The smallest absolute Gasteiger partial charge is 0.0194 e. The van der Waals surface area contributed by atoms with E-state index in [1.165, 1.54) is 64.8 Å². The molecule has 114 valence electrons. The summed E-state index contributed by atoms with van der Waals surface area (Å²) in [6.45, 7) is 10.8. The minimum atomic E-state index is 0.704. The van der Waals surface area contributed by atoms with Gasteiger partial charge in [0.25, 0.3) is 0 Å². The largest absolute Gasteiger partial charge is 0.313 e. The molecule has 1 fully saturated rings. The molecule has 1 rings (SSSR count). The number of hydrogen-bond donors (Lipinski definition) is 1. The number of nitrogens with zero attached hydrogens (tertiary/aromatic N) is 2. The predicted molar refractivity (Wildman–Crippen MR) is 84.7 cm³/mol. The second kappa shape index (κ2) is 9.73. The zero-order valence-corrected chi connectivity index (χ0v) is 13.6. The third kappa shape index (κ3) is 7.28. The van der Waals surface area contributed by atoms with E-state index in [4.69, 9.17) is 0 Å². The molecular formula is C16H35N3. The highest BCUT2D eigenvalue weighted by molar-refractivity contribution is 4.78. The average Bonchev–Trinajstić information content (AvgIpc) is 2.38. The average molecular weight is 269 g/mol. The second-order valence-corrected chi connectivity index (χ2v) is 6.45. The summed E-state index contributed by atoms with van der Waals surface area (Å²) < 4.78 is 0. The van der Waals surface area contributed by atoms with Gasteiger partial charge in [0.15, 0.2) is 0 Å². The number of likely N-dealkylation sites (tertiary alicyclic amines) is 1. The van der Waals surface area contributed by atoms with Gasteiger partial charge in [-0.3, -0.25) is 0 Å². The fourth-order valence-corrected chi connectivity index (χ4v) is 3.13. The fourth-order valence-electron chi connectivity index (χ4n) is 3.13. The van der Waals surface area contributed by atoms with Crippen LogP contribution in [0.25, 0.3) is 0 Å². The molecule has 1 N–H and O–H groups in total. The lowest BCUT2D eigenvalue weighted by Gasteiger charge is -2.35. The molecule has 1 saturated heterocycles. The van der Waals surface area contributed by atoms with Crippen LogP contribution < -0.4 is 5.32 Å². The van der Waals surface area contributed by atoms with Crippen LogP contribution in [0, 0.1) is 5.92 Å². The Labute approximate surface area is 120 Å². The summed E-state index contributed by atoms with van der Waals surface area (Å²) in [6.07, 6.45) is 6.61. The van der Waals surface area contributed by atoms with Crippen molar-refractivity contribution in [1.82, 2.24) is 15.1 Å². The lowest BCUT2D eigenvalue weighted by atomic mass is 9.96. The van der Waals surface area contributed by atoms with E-state index in [2.05, 4.69) is 43.1 Å². The quantitative estimate of drug-likeness (QED) is 0.693. The number of piperidine rings is 1. The van der Waals surface area contributed by atoms with Crippen molar-refractivity contribution >= 4 is 0 Å². The highest BCUT2D eigenvalue weighted by atomic mass is 15.2. The third-order valence-corrected chi connectivity index (χ3v) is 4.13. The molecule has 0 aliphatic carbocycles. The predicted octanol–water partition coefficient (Wildman–Crippen LogP) is 2.43. The van der Waals surface area contributed by atoms with Crippen molar-refractivity contribution in [2.45, 2.75) is 52.0 Å². The van der Waals surface area contributed by atoms with Crippen molar-refractivity contribution in [1.29, 1.82) is 0 Å². The molecule has 3 nitrogen and oxygen atoms in total. The maximum Gasteiger partial charge on any atom is 0.0194 e. The Morgan fingerprint density at radius 3 is 2.37 bits per heavy atom. The Hall–Kier alpha value is -0.120. The first-order valence-corrected chi connectivity index (χ1v) is 8.26. The lowest BCUT2D eigenvalue weighted by Crippen LogP contribution is -2.45. The summed E-state index contributed by atoms with van der Waals surface area (Å²) in [5, 5.41) is 3.71. The second-order valence-electron chi connectivity index (χ2n) is 6.45. The molecule has 0 aromatic carbocycles. The van der Waals surface area contributed by atoms with Crippen molar-refractivity contribution < 1.29 is 0 Å². The van der Waals surface area contributed by atoms with Gasteiger partial charge in [-0.05, 0) is 65.3 Å². The number of nitrogens with one attached hydrogen (secondary N) is 1. The Morgan fingerprint density at radius 1 is 1.16 bits per heavy atom. The summed E-state index contributed by atoms with van der Waals surface area (Å²) in [6, 6.07) is 0.704. The van der Waals surface area contributed by atoms with Gasteiger partial charge in [0.1, 0.15) is 0 Å². The van der Waals surface area contributed by atoms with Crippen LogP contribution in [0.5, 0.6) is 0 Å². The van der Waals surface area contributed by atoms with Crippen LogP contribution in [0.2, 0.25) is 0 Å². The lowest BCUT2D eigenvalue weighted by molar-refractivity contribution is 0.148. The molecule has 1 unspecified atom stereocenters. The summed E-state index contributed by atoms with van der Waals surface area (Å²) in [5.41, 5.74) is 0. The molecule has 0 amide bonds. The molecule has 1 aliphatic heterocycles. The topological polar surface area (TPSA) is 18.5 Å². The van der Waals surface area contributed by atoms with Gasteiger partial charge in [0, 0.05) is 19.1 Å². The van der Waals surface area contributed by atoms with Crippen molar-refractivity contribution in [3.63, 3.8) is 0 Å². The maximum atomic E-state index is 3.71. The molecule has 0 radical (unpaired) electrons. The molecule has 1 atom stereocenters. The minimum Gasteiger partial charge on any atom is -0.313 e. The standard InChI is InChI=1S/C16H35N3/c1-5-7-16(17-10-6-2)14-19-11-8-15(9-12-19)13-18(3)4/h15-17H,5-14H2,1-4H3. The van der Waals surface area contributed by atoms with Crippen LogP contribution in [-0.4, -0.2) is 62.7 Å². The van der Waals surface area contributed by atoms with Crippen LogP contribution in [0.3, 0.4) is 0 Å². The Balaban J connectivity index is 2.25. The molecule has 1 aliphatic rings. The molecule has 1 heterocycles. The zero-order chi connectivity index (χ0) is 14.1. The number of hydrogen-bond acceptors (Lipinski definition) is 3. The van der Waals surface area contributed by atoms with Crippen LogP contribution in [0.15, 0.2) is 0 Å². The van der Waals surface area contributed by atoms with Gasteiger partial charge < -0.3 is 15.1 Å². The molecule has 0 saturated carbocycles. The van der Waals surface area contributed by atoms with Crippen LogP contribution >= 0.6 is 0 Å². The van der Waals surface area contributed by atoms with Gasteiger partial charge >= 0.3 is 0 Å². The van der Waals surface area contributed by atoms with E-state index in [9.17, 15) is 0 Å². The van der Waals surface area contributed by atoms with Gasteiger partial charge in [-0.25, -0.2) is 0 Å². The molecule has 0 spiro atoms. The van der Waals surface area contributed by atoms with E-state index in [0.717, 1.165) is 5.92 Å². The highest BCUT2D eigenvalue weighted by Gasteiger charge is 2.21. The maximum absolute atomic E-state index is 3.71. The molecule has 3 heteroatoms. The van der Waals surface area contributed by atoms with Gasteiger partial charge in [-0.2, -0.15) is 0 Å². The van der Waals surface area contributed by atoms with E-state index < -0.39 is 0 Å². The van der Waals surface area contributed by atoms with Crippen molar-refractivity contribution in [3.8, 4) is 0 Å². The van der Waals surface area contributed by atoms with E-state index in [0.29, 0.717) is 6.04 Å². The van der Waals surface area contributed by atoms with E-state index >= 15 is 0 Å². The van der Waals surface area contributed by atoms with E-state index in [-0.39, 0.29) is 0 Å². The highest BCUT2D eigenvalue weighted by Crippen LogP contribution is 2.18. The van der Waals surface area contributed by atoms with Gasteiger partial charge in [0.2, 0.25) is 0 Å². The fraction of sp³-hybridized carbons (Fsp3) is 1.00. The summed E-state index contributed by atoms with van der Waals surface area (Å²) in [4.78, 5) is 5.01. The Bertz CT molecular complexity index is 210. The SMILES string of the molecule is CCCNC(CCC)CN1CCC(CN(C)C)CC1. The first kappa shape index (κ1) is 16.9. The first-order chi connectivity index (χ1) is 9.15. The van der Waals surface area contributed by atoms with Crippen molar-refractivity contribution in [2.24, 2.45) is 5.92 Å². The van der Waals surface area contributed by atoms with Gasteiger partial charge in [0.05, 0.1) is 0 Å². The molecule has 0 bridgehead atoms. The monoisotopic (exact) mass is 269 g/mol. The summed E-state index contributed by atoms with van der Waals surface area (Å²) in [5.74, 6) is 0.916. The molecule has 0 aromatic heterocycles. The summed E-state index contributed by atoms with van der Waals surface area (Å²) >= 11 is 0. The Kier molecular flexibility index (Phi) is 8.67. The first-order valence-electron chi connectivity index (χ1n) is 8.26. The number of rotatable bonds is 9. The molecule has 19 heavy (non-hydrogen) atoms. The summed E-state index contributed by atoms with van der Waals surface area (Å²) in [7, 11) is 4.39. The van der Waals surface area contributed by atoms with Gasteiger partial charge in [-0.1, -0.05) is 20.3 Å². The molecular weight excluding hydrogens is 234 g/mol. The van der Waals surface area contributed by atoms with Crippen molar-refractivity contribution in [3.05, 3.63) is 0 Å².